The molecule has 0 atom stereocenters. The molecule has 0 saturated heterocycles. The van der Waals surface area contributed by atoms with Crippen LogP contribution in [0.5, 0.6) is 0 Å². The summed E-state index contributed by atoms with van der Waals surface area (Å²) in [4.78, 5) is 21.9. The van der Waals surface area contributed by atoms with Gasteiger partial charge in [-0.3, -0.25) is 9.68 Å². The number of amides is 2. The van der Waals surface area contributed by atoms with E-state index >= 15 is 0 Å². The molecule has 0 aromatic rings. The monoisotopic (exact) mass is 218 g/mol. The fourth-order valence-corrected chi connectivity index (χ4v) is 0.844. The molecule has 0 aromatic carbocycles. The van der Waals surface area contributed by atoms with Crippen molar-refractivity contribution in [3.63, 3.8) is 0 Å². The fourth-order valence-electron chi connectivity index (χ4n) is 0.844. The summed E-state index contributed by atoms with van der Waals surface area (Å²) in [5.74, 6) is 0. The molecule has 0 heterocycles. The molecule has 5 nitrogen and oxygen atoms in total. The zero-order valence-corrected chi connectivity index (χ0v) is 10.4. The van der Waals surface area contributed by atoms with E-state index < -0.39 is 0 Å². The third kappa shape index (κ3) is 6.30. The smallest absolute Gasteiger partial charge is 0.269 e. The SMILES string of the molecule is CC(C)ONC(=O)N(OC(C)C)C(C)C. The lowest BCUT2D eigenvalue weighted by Crippen LogP contribution is -2.45. The number of carbonyl (C=O) groups is 1. The number of hydrogen-bond acceptors (Lipinski definition) is 3. The minimum Gasteiger partial charge on any atom is -0.269 e. The molecule has 0 spiro atoms. The first-order chi connectivity index (χ1) is 6.84. The van der Waals surface area contributed by atoms with E-state index in [0.29, 0.717) is 0 Å². The standard InChI is InChI=1S/C10H22N2O3/c1-7(2)12(15-9(5)6)10(13)11-14-8(3)4/h7-9H,1-6H3,(H,11,13). The van der Waals surface area contributed by atoms with Gasteiger partial charge in [-0.15, -0.1) is 0 Å². The molecule has 2 amide bonds. The van der Waals surface area contributed by atoms with Crippen LogP contribution in [0.4, 0.5) is 4.79 Å². The maximum Gasteiger partial charge on any atom is 0.365 e. The molecule has 0 aliphatic rings. The molecule has 0 aliphatic heterocycles. The molecule has 0 rings (SSSR count). The third-order valence-electron chi connectivity index (χ3n) is 1.38. The van der Waals surface area contributed by atoms with Crippen molar-refractivity contribution >= 4 is 6.03 Å². The van der Waals surface area contributed by atoms with Crippen molar-refractivity contribution in [2.24, 2.45) is 0 Å². The van der Waals surface area contributed by atoms with Crippen molar-refractivity contribution in [1.29, 1.82) is 0 Å². The van der Waals surface area contributed by atoms with Crippen molar-refractivity contribution in [2.45, 2.75) is 59.8 Å². The van der Waals surface area contributed by atoms with Gasteiger partial charge in [0, 0.05) is 0 Å². The molecular formula is C10H22N2O3. The van der Waals surface area contributed by atoms with Crippen LogP contribution in [-0.2, 0) is 9.68 Å². The Balaban J connectivity index is 4.17. The van der Waals surface area contributed by atoms with E-state index in [-0.39, 0.29) is 24.3 Å². The van der Waals surface area contributed by atoms with Crippen LogP contribution >= 0.6 is 0 Å². The Morgan fingerprint density at radius 2 is 1.60 bits per heavy atom. The topological polar surface area (TPSA) is 50.8 Å². The van der Waals surface area contributed by atoms with Gasteiger partial charge in [-0.2, -0.15) is 5.06 Å². The summed E-state index contributed by atoms with van der Waals surface area (Å²) in [5.41, 5.74) is 2.33. The van der Waals surface area contributed by atoms with Crippen LogP contribution in [0.25, 0.3) is 0 Å². The van der Waals surface area contributed by atoms with Gasteiger partial charge < -0.3 is 0 Å². The van der Waals surface area contributed by atoms with Crippen LogP contribution in [0.3, 0.4) is 0 Å². The van der Waals surface area contributed by atoms with E-state index in [4.69, 9.17) is 9.68 Å². The summed E-state index contributed by atoms with van der Waals surface area (Å²) in [5, 5.41) is 1.27. The lowest BCUT2D eigenvalue weighted by atomic mass is 10.4. The predicted molar refractivity (Wildman–Crippen MR) is 57.9 cm³/mol. The van der Waals surface area contributed by atoms with Gasteiger partial charge in [0.25, 0.3) is 0 Å². The van der Waals surface area contributed by atoms with Crippen LogP contribution in [0, 0.1) is 0 Å². The first kappa shape index (κ1) is 14.2. The summed E-state index contributed by atoms with van der Waals surface area (Å²) in [6.07, 6.45) is -0.0980. The second-order valence-electron chi connectivity index (χ2n) is 4.15. The van der Waals surface area contributed by atoms with Gasteiger partial charge in [-0.05, 0) is 41.5 Å². The van der Waals surface area contributed by atoms with Crippen molar-refractivity contribution < 1.29 is 14.5 Å². The average molecular weight is 218 g/mol. The first-order valence-corrected chi connectivity index (χ1v) is 5.26. The highest BCUT2D eigenvalue weighted by molar-refractivity contribution is 5.72. The van der Waals surface area contributed by atoms with Gasteiger partial charge in [0.1, 0.15) is 0 Å². The van der Waals surface area contributed by atoms with Gasteiger partial charge >= 0.3 is 6.03 Å². The number of nitrogens with one attached hydrogen (secondary N) is 1. The molecule has 1 N–H and O–H groups in total. The lowest BCUT2D eigenvalue weighted by molar-refractivity contribution is -0.174. The first-order valence-electron chi connectivity index (χ1n) is 5.26. The molecule has 0 fully saturated rings. The predicted octanol–water partition coefficient (Wildman–Crippen LogP) is 2.09. The Kier molecular flexibility index (Phi) is 6.27. The Morgan fingerprint density at radius 1 is 1.07 bits per heavy atom. The Bertz CT molecular complexity index is 193. The van der Waals surface area contributed by atoms with Crippen molar-refractivity contribution in [3.05, 3.63) is 0 Å². The summed E-state index contributed by atoms with van der Waals surface area (Å²) < 4.78 is 0. The number of nitrogens with zero attached hydrogens (tertiary/aromatic N) is 1. The van der Waals surface area contributed by atoms with E-state index in [2.05, 4.69) is 5.48 Å². The zero-order valence-electron chi connectivity index (χ0n) is 10.4. The Hall–Kier alpha value is -0.810. The molecule has 0 aromatic heterocycles. The highest BCUT2D eigenvalue weighted by Gasteiger charge is 2.19. The van der Waals surface area contributed by atoms with E-state index in [0.717, 1.165) is 0 Å². The third-order valence-corrected chi connectivity index (χ3v) is 1.38. The van der Waals surface area contributed by atoms with Gasteiger partial charge in [0.05, 0.1) is 18.2 Å². The Labute approximate surface area is 91.6 Å². The van der Waals surface area contributed by atoms with Gasteiger partial charge in [0.15, 0.2) is 0 Å². The molecule has 15 heavy (non-hydrogen) atoms. The normalized spacial score (nSPS) is 11.3. The van der Waals surface area contributed by atoms with E-state index in [1.165, 1.54) is 5.06 Å². The van der Waals surface area contributed by atoms with Crippen LogP contribution in [0.1, 0.15) is 41.5 Å². The molecule has 0 unspecified atom stereocenters. The van der Waals surface area contributed by atoms with Crippen molar-refractivity contribution in [2.75, 3.05) is 0 Å². The summed E-state index contributed by atoms with van der Waals surface area (Å²) in [6, 6.07) is -0.421. The number of urea groups is 1. The zero-order chi connectivity index (χ0) is 12.0. The number of hydrogen-bond donors (Lipinski definition) is 1. The van der Waals surface area contributed by atoms with E-state index in [1.807, 2.05) is 41.5 Å². The van der Waals surface area contributed by atoms with E-state index in [1.54, 1.807) is 0 Å². The molecule has 0 radical (unpaired) electrons. The minimum absolute atomic E-state index is 0.0387. The molecule has 5 heteroatoms. The van der Waals surface area contributed by atoms with Gasteiger partial charge in [0.2, 0.25) is 0 Å². The molecule has 0 bridgehead atoms. The second kappa shape index (κ2) is 6.63. The highest BCUT2D eigenvalue weighted by Crippen LogP contribution is 2.04. The number of carbonyl (C=O) groups excluding carboxylic acids is 1. The van der Waals surface area contributed by atoms with Crippen molar-refractivity contribution in [1.82, 2.24) is 10.5 Å². The lowest BCUT2D eigenvalue weighted by Gasteiger charge is -2.27. The van der Waals surface area contributed by atoms with Crippen molar-refractivity contribution in [3.8, 4) is 0 Å². The van der Waals surface area contributed by atoms with Gasteiger partial charge in [-0.25, -0.2) is 10.3 Å². The molecular weight excluding hydrogens is 196 g/mol. The summed E-state index contributed by atoms with van der Waals surface area (Å²) in [7, 11) is 0. The van der Waals surface area contributed by atoms with Crippen LogP contribution < -0.4 is 5.48 Å². The van der Waals surface area contributed by atoms with Gasteiger partial charge in [-0.1, -0.05) is 0 Å². The quantitative estimate of drug-likeness (QED) is 0.719. The maximum atomic E-state index is 11.6. The largest absolute Gasteiger partial charge is 0.365 e. The Morgan fingerprint density at radius 3 is 1.93 bits per heavy atom. The van der Waals surface area contributed by atoms with Crippen LogP contribution in [-0.4, -0.2) is 29.3 Å². The molecule has 0 aliphatic carbocycles. The minimum atomic E-state index is -0.382. The number of hydroxylamine groups is 3. The molecule has 0 saturated carbocycles. The van der Waals surface area contributed by atoms with E-state index in [9.17, 15) is 4.79 Å². The fraction of sp³-hybridized carbons (Fsp3) is 0.900. The van der Waals surface area contributed by atoms with Crippen LogP contribution in [0.2, 0.25) is 0 Å². The second-order valence-corrected chi connectivity index (χ2v) is 4.15. The average Bonchev–Trinajstić information content (AvgIpc) is 2.09. The molecule has 90 valence electrons. The summed E-state index contributed by atoms with van der Waals surface area (Å²) in [6.45, 7) is 11.2. The van der Waals surface area contributed by atoms with Crippen LogP contribution in [0.15, 0.2) is 0 Å². The highest BCUT2D eigenvalue weighted by atomic mass is 16.7. The number of rotatable bonds is 5. The summed E-state index contributed by atoms with van der Waals surface area (Å²) >= 11 is 0. The maximum absolute atomic E-state index is 11.6.